The van der Waals surface area contributed by atoms with Crippen molar-refractivity contribution in [1.29, 1.82) is 0 Å². The van der Waals surface area contributed by atoms with Crippen LogP contribution in [0.3, 0.4) is 0 Å². The SMILES string of the molecule is Cn1c(=O)c2cc3ncn(NC=O)c3cc2n(C)c1=O. The smallest absolute Gasteiger partial charge is 0.296 e. The molecule has 0 bridgehead atoms. The summed E-state index contributed by atoms with van der Waals surface area (Å²) in [6, 6.07) is 3.26. The number of rotatable bonds is 2. The van der Waals surface area contributed by atoms with Gasteiger partial charge in [0.15, 0.2) is 0 Å². The van der Waals surface area contributed by atoms with Gasteiger partial charge in [0, 0.05) is 14.1 Å². The van der Waals surface area contributed by atoms with Crippen molar-refractivity contribution in [3.63, 3.8) is 0 Å². The predicted molar refractivity (Wildman–Crippen MR) is 73.1 cm³/mol. The maximum absolute atomic E-state index is 12.1. The quantitative estimate of drug-likeness (QED) is 0.624. The van der Waals surface area contributed by atoms with Crippen molar-refractivity contribution in [3.05, 3.63) is 39.3 Å². The van der Waals surface area contributed by atoms with Gasteiger partial charge in [0.05, 0.1) is 21.9 Å². The summed E-state index contributed by atoms with van der Waals surface area (Å²) in [4.78, 5) is 38.7. The van der Waals surface area contributed by atoms with Crippen LogP contribution in [-0.4, -0.2) is 25.2 Å². The van der Waals surface area contributed by atoms with Crippen LogP contribution in [0.5, 0.6) is 0 Å². The molecule has 0 radical (unpaired) electrons. The highest BCUT2D eigenvalue weighted by atomic mass is 16.2. The number of fused-ring (bicyclic) bond motifs is 2. The minimum Gasteiger partial charge on any atom is -0.296 e. The Morgan fingerprint density at radius 3 is 2.60 bits per heavy atom. The van der Waals surface area contributed by atoms with Crippen LogP contribution < -0.4 is 16.7 Å². The summed E-state index contributed by atoms with van der Waals surface area (Å²) in [5.41, 5.74) is 3.33. The van der Waals surface area contributed by atoms with Crippen LogP contribution in [-0.2, 0) is 18.9 Å². The third-order valence-electron chi connectivity index (χ3n) is 3.33. The second-order valence-electron chi connectivity index (χ2n) is 4.43. The molecule has 0 fully saturated rings. The summed E-state index contributed by atoms with van der Waals surface area (Å²) in [5.74, 6) is 0. The minimum absolute atomic E-state index is 0.372. The van der Waals surface area contributed by atoms with Crippen LogP contribution in [0.1, 0.15) is 0 Å². The maximum atomic E-state index is 12.1. The van der Waals surface area contributed by atoms with Crippen LogP contribution in [0, 0.1) is 0 Å². The normalized spacial score (nSPS) is 11.1. The van der Waals surface area contributed by atoms with Crippen molar-refractivity contribution in [3.8, 4) is 0 Å². The van der Waals surface area contributed by atoms with Crippen molar-refractivity contribution >= 4 is 28.3 Å². The first-order valence-electron chi connectivity index (χ1n) is 5.81. The molecule has 2 heterocycles. The lowest BCUT2D eigenvalue weighted by molar-refractivity contribution is -0.106. The molecule has 0 saturated carbocycles. The average Bonchev–Trinajstić information content (AvgIpc) is 2.84. The fourth-order valence-electron chi connectivity index (χ4n) is 2.25. The molecule has 0 aliphatic heterocycles. The van der Waals surface area contributed by atoms with Crippen molar-refractivity contribution in [2.24, 2.45) is 14.1 Å². The molecule has 20 heavy (non-hydrogen) atoms. The van der Waals surface area contributed by atoms with E-state index in [0.29, 0.717) is 28.3 Å². The summed E-state index contributed by atoms with van der Waals surface area (Å²) in [6.07, 6.45) is 1.95. The molecule has 0 spiro atoms. The lowest BCUT2D eigenvalue weighted by Gasteiger charge is -2.08. The first-order chi connectivity index (χ1) is 9.54. The van der Waals surface area contributed by atoms with Gasteiger partial charge in [0.1, 0.15) is 6.33 Å². The highest BCUT2D eigenvalue weighted by Gasteiger charge is 2.12. The topological polar surface area (TPSA) is 90.9 Å². The molecule has 1 amide bonds. The van der Waals surface area contributed by atoms with E-state index in [9.17, 15) is 14.4 Å². The molecule has 8 nitrogen and oxygen atoms in total. The molecule has 0 aliphatic carbocycles. The Kier molecular flexibility index (Phi) is 2.46. The standard InChI is InChI=1S/C12H11N5O3/c1-15-9-4-10-8(13-5-17(10)14-6-18)3-7(9)11(19)16(2)12(15)20/h3-6H,1-2H3,(H,14,18). The van der Waals surface area contributed by atoms with Crippen LogP contribution >= 0.6 is 0 Å². The van der Waals surface area contributed by atoms with Crippen LogP contribution in [0.15, 0.2) is 28.0 Å². The molecule has 0 atom stereocenters. The minimum atomic E-state index is -0.406. The molecule has 0 aliphatic rings. The second kappa shape index (κ2) is 4.05. The molecule has 8 heteroatoms. The zero-order valence-electron chi connectivity index (χ0n) is 10.8. The van der Waals surface area contributed by atoms with Gasteiger partial charge < -0.3 is 0 Å². The maximum Gasteiger partial charge on any atom is 0.330 e. The van der Waals surface area contributed by atoms with E-state index in [1.807, 2.05) is 0 Å². The van der Waals surface area contributed by atoms with E-state index in [1.54, 1.807) is 19.2 Å². The molecule has 1 N–H and O–H groups in total. The molecule has 102 valence electrons. The third-order valence-corrected chi connectivity index (χ3v) is 3.33. The highest BCUT2D eigenvalue weighted by molar-refractivity contribution is 5.93. The molecular weight excluding hydrogens is 262 g/mol. The number of carbonyl (C=O) groups is 1. The zero-order valence-corrected chi connectivity index (χ0v) is 10.8. The van der Waals surface area contributed by atoms with Crippen molar-refractivity contribution in [2.75, 3.05) is 5.43 Å². The fraction of sp³-hybridized carbons (Fsp3) is 0.167. The van der Waals surface area contributed by atoms with E-state index in [0.717, 1.165) is 4.57 Å². The lowest BCUT2D eigenvalue weighted by atomic mass is 10.2. The number of imidazole rings is 1. The molecule has 1 aromatic carbocycles. The molecule has 0 saturated heterocycles. The van der Waals surface area contributed by atoms with Crippen LogP contribution in [0.4, 0.5) is 0 Å². The van der Waals surface area contributed by atoms with Crippen molar-refractivity contribution < 1.29 is 4.79 Å². The van der Waals surface area contributed by atoms with E-state index in [2.05, 4.69) is 10.4 Å². The van der Waals surface area contributed by atoms with E-state index < -0.39 is 5.69 Å². The molecule has 3 aromatic rings. The zero-order chi connectivity index (χ0) is 14.4. The van der Waals surface area contributed by atoms with E-state index in [1.165, 1.54) is 22.6 Å². The first kappa shape index (κ1) is 12.2. The predicted octanol–water partition coefficient (Wildman–Crippen LogP) is -0.713. The average molecular weight is 273 g/mol. The van der Waals surface area contributed by atoms with Gasteiger partial charge >= 0.3 is 5.69 Å². The van der Waals surface area contributed by atoms with Gasteiger partial charge in [-0.25, -0.2) is 14.5 Å². The van der Waals surface area contributed by atoms with Gasteiger partial charge in [-0.1, -0.05) is 0 Å². The fourth-order valence-corrected chi connectivity index (χ4v) is 2.25. The summed E-state index contributed by atoms with van der Waals surface area (Å²) >= 11 is 0. The number of hydrogen-bond acceptors (Lipinski definition) is 4. The third kappa shape index (κ3) is 1.48. The van der Waals surface area contributed by atoms with E-state index in [-0.39, 0.29) is 5.56 Å². The summed E-state index contributed by atoms with van der Waals surface area (Å²) in [5, 5.41) is 0.401. The number of aromatic nitrogens is 4. The Morgan fingerprint density at radius 1 is 1.15 bits per heavy atom. The van der Waals surface area contributed by atoms with E-state index in [4.69, 9.17) is 0 Å². The Morgan fingerprint density at radius 2 is 1.90 bits per heavy atom. The van der Waals surface area contributed by atoms with Gasteiger partial charge in [-0.2, -0.15) is 0 Å². The van der Waals surface area contributed by atoms with Gasteiger partial charge in [-0.15, -0.1) is 0 Å². The molecule has 2 aromatic heterocycles. The first-order valence-corrected chi connectivity index (χ1v) is 5.81. The number of carbonyl (C=O) groups excluding carboxylic acids is 1. The van der Waals surface area contributed by atoms with Crippen molar-refractivity contribution in [1.82, 2.24) is 18.8 Å². The summed E-state index contributed by atoms with van der Waals surface area (Å²) in [6.45, 7) is 0. The molecule has 0 unspecified atom stereocenters. The van der Waals surface area contributed by atoms with Gasteiger partial charge in [-0.05, 0) is 12.1 Å². The Hall–Kier alpha value is -2.90. The number of benzene rings is 1. The van der Waals surface area contributed by atoms with Crippen LogP contribution in [0.2, 0.25) is 0 Å². The highest BCUT2D eigenvalue weighted by Crippen LogP contribution is 2.17. The van der Waals surface area contributed by atoms with Crippen LogP contribution in [0.25, 0.3) is 21.9 Å². The molecular formula is C12H11N5O3. The summed E-state index contributed by atoms with van der Waals surface area (Å²) in [7, 11) is 3.02. The number of hydrogen-bond donors (Lipinski definition) is 1. The second-order valence-corrected chi connectivity index (χ2v) is 4.43. The van der Waals surface area contributed by atoms with Gasteiger partial charge in [0.2, 0.25) is 6.41 Å². The number of nitrogens with zero attached hydrogens (tertiary/aromatic N) is 4. The lowest BCUT2D eigenvalue weighted by Crippen LogP contribution is -2.36. The largest absolute Gasteiger partial charge is 0.330 e. The number of aryl methyl sites for hydroxylation is 1. The Balaban J connectivity index is 2.53. The van der Waals surface area contributed by atoms with Gasteiger partial charge in [-0.3, -0.25) is 24.1 Å². The number of nitrogens with one attached hydrogen (secondary N) is 1. The Labute approximate surface area is 111 Å². The van der Waals surface area contributed by atoms with E-state index >= 15 is 0 Å². The van der Waals surface area contributed by atoms with Gasteiger partial charge in [0.25, 0.3) is 5.56 Å². The summed E-state index contributed by atoms with van der Waals surface area (Å²) < 4.78 is 3.85. The van der Waals surface area contributed by atoms with Crippen molar-refractivity contribution in [2.45, 2.75) is 0 Å². The monoisotopic (exact) mass is 273 g/mol. The molecule has 3 rings (SSSR count). The Bertz CT molecular complexity index is 963. The number of amides is 1.